The fourth-order valence-corrected chi connectivity index (χ4v) is 5.85. The quantitative estimate of drug-likeness (QED) is 0.0630. The van der Waals surface area contributed by atoms with Crippen molar-refractivity contribution in [2.75, 3.05) is 0 Å². The number of nitrogens with one attached hydrogen (secondary N) is 2. The number of phenolic OH excluding ortho intramolecular Hbond substituents is 1. The lowest BCUT2D eigenvalue weighted by molar-refractivity contribution is 0.0941. The summed E-state index contributed by atoms with van der Waals surface area (Å²) in [4.78, 5) is 45.0. The Morgan fingerprint density at radius 2 is 1.39 bits per heavy atom. The summed E-state index contributed by atoms with van der Waals surface area (Å²) in [6.07, 6.45) is 3.36. The van der Waals surface area contributed by atoms with Crippen molar-refractivity contribution in [2.45, 2.75) is 53.1 Å². The Hall–Kier alpha value is -5.66. The van der Waals surface area contributed by atoms with Gasteiger partial charge >= 0.3 is 0 Å². The van der Waals surface area contributed by atoms with Gasteiger partial charge in [0.15, 0.2) is 11.3 Å². The van der Waals surface area contributed by atoms with E-state index in [0.717, 1.165) is 25.5 Å². The lowest BCUT2D eigenvalue weighted by Crippen LogP contribution is -2.24. The zero-order chi connectivity index (χ0) is 36.7. The minimum atomic E-state index is -0.222. The number of carbonyl (C=O) groups excluding carboxylic acids is 2. The highest BCUT2D eigenvalue weighted by molar-refractivity contribution is 14.1. The number of pyridine rings is 4. The van der Waals surface area contributed by atoms with E-state index >= 15 is 0 Å². The normalized spacial score (nSPS) is 10.9. The monoisotopic (exact) mass is 793 g/mol. The summed E-state index contributed by atoms with van der Waals surface area (Å²) >= 11 is 2.10. The number of hydrogen-bond acceptors (Lipinski definition) is 8. The molecule has 0 atom stereocenters. The van der Waals surface area contributed by atoms with Gasteiger partial charge in [-0.3, -0.25) is 9.59 Å². The van der Waals surface area contributed by atoms with Gasteiger partial charge in [-0.15, -0.1) is 0 Å². The Bertz CT molecular complexity index is 2320. The lowest BCUT2D eigenvalue weighted by atomic mass is 9.86. The van der Waals surface area contributed by atoms with Crippen molar-refractivity contribution in [2.24, 2.45) is 5.11 Å². The largest absolute Gasteiger partial charge is 0.508 e. The van der Waals surface area contributed by atoms with Gasteiger partial charge in [0.25, 0.3) is 11.8 Å². The first-order valence-corrected chi connectivity index (χ1v) is 17.1. The third kappa shape index (κ3) is 9.12. The summed E-state index contributed by atoms with van der Waals surface area (Å²) in [6, 6.07) is 22.0. The summed E-state index contributed by atoms with van der Waals surface area (Å²) in [5.74, 6) is -0.222. The smallest absolute Gasteiger partial charge is 0.253 e. The van der Waals surface area contributed by atoms with Crippen molar-refractivity contribution < 1.29 is 14.7 Å². The first-order valence-electron chi connectivity index (χ1n) is 16.0. The fraction of sp³-hybridized carbons (Fsp3) is 0.211. The molecule has 0 aliphatic rings. The summed E-state index contributed by atoms with van der Waals surface area (Å²) < 4.78 is 0.830. The number of benzene rings is 2. The van der Waals surface area contributed by atoms with Crippen molar-refractivity contribution >= 4 is 62.2 Å². The molecule has 6 aromatic rings. The van der Waals surface area contributed by atoms with Crippen molar-refractivity contribution in [3.8, 4) is 5.75 Å². The maximum absolute atomic E-state index is 12.6. The van der Waals surface area contributed by atoms with Crippen LogP contribution in [-0.2, 0) is 18.5 Å². The van der Waals surface area contributed by atoms with Crippen molar-refractivity contribution in [1.29, 1.82) is 0 Å². The number of aromatic hydroxyl groups is 1. The molecular weight excluding hydrogens is 757 g/mol. The maximum Gasteiger partial charge on any atom is 0.253 e. The number of amides is 2. The molecule has 0 saturated carbocycles. The number of hydrogen-bond donors (Lipinski definition) is 3. The van der Waals surface area contributed by atoms with Crippen LogP contribution in [0.15, 0.2) is 90.3 Å². The Labute approximate surface area is 308 Å². The van der Waals surface area contributed by atoms with E-state index in [1.807, 2.05) is 48.5 Å². The molecule has 0 fully saturated rings. The average molecular weight is 794 g/mol. The van der Waals surface area contributed by atoms with Crippen LogP contribution in [0.2, 0.25) is 0 Å². The van der Waals surface area contributed by atoms with Gasteiger partial charge in [0.2, 0.25) is 0 Å². The first-order chi connectivity index (χ1) is 24.3. The van der Waals surface area contributed by atoms with Crippen molar-refractivity contribution in [1.82, 2.24) is 30.6 Å². The highest BCUT2D eigenvalue weighted by atomic mass is 127. The molecule has 4 aromatic heterocycles. The number of fused-ring (bicyclic) bond motifs is 2. The van der Waals surface area contributed by atoms with Crippen LogP contribution in [0.5, 0.6) is 5.75 Å². The molecule has 12 nitrogen and oxygen atoms in total. The molecule has 4 heterocycles. The fourth-order valence-electron chi connectivity index (χ4n) is 5.17. The Morgan fingerprint density at radius 1 is 0.824 bits per heavy atom. The van der Waals surface area contributed by atoms with Gasteiger partial charge in [0.1, 0.15) is 5.75 Å². The van der Waals surface area contributed by atoms with Gasteiger partial charge in [-0.05, 0) is 107 Å². The van der Waals surface area contributed by atoms with E-state index in [1.165, 1.54) is 0 Å². The molecule has 0 unspecified atom stereocenters. The minimum absolute atomic E-state index is 0.0405. The Morgan fingerprint density at radius 3 is 1.90 bits per heavy atom. The zero-order valence-corrected chi connectivity index (χ0v) is 30.9. The second kappa shape index (κ2) is 15.9. The molecule has 0 bridgehead atoms. The minimum Gasteiger partial charge on any atom is -0.508 e. The van der Waals surface area contributed by atoms with E-state index < -0.39 is 0 Å². The number of aryl methyl sites for hydroxylation is 2. The number of aromatic nitrogens is 4. The molecular formula is C38H36IN9O3. The van der Waals surface area contributed by atoms with Crippen LogP contribution in [0.1, 0.15) is 69.6 Å². The summed E-state index contributed by atoms with van der Waals surface area (Å²) in [5, 5.41) is 21.3. The molecule has 2 amide bonds. The molecule has 13 heteroatoms. The number of nitrogens with zero attached hydrogens (tertiary/aromatic N) is 7. The van der Waals surface area contributed by atoms with Gasteiger partial charge in [0.05, 0.1) is 28.2 Å². The molecule has 2 aromatic carbocycles. The van der Waals surface area contributed by atoms with Crippen LogP contribution in [0.4, 0.5) is 5.69 Å². The third-order valence-electron chi connectivity index (χ3n) is 8.06. The van der Waals surface area contributed by atoms with Crippen LogP contribution in [-0.4, -0.2) is 36.9 Å². The average Bonchev–Trinajstić information content (AvgIpc) is 3.10. The van der Waals surface area contributed by atoms with E-state index in [0.29, 0.717) is 51.6 Å². The van der Waals surface area contributed by atoms with E-state index in [4.69, 9.17) is 5.53 Å². The van der Waals surface area contributed by atoms with Gasteiger partial charge in [-0.25, -0.2) is 19.9 Å². The maximum atomic E-state index is 12.6. The number of rotatable bonds is 7. The molecule has 0 aliphatic carbocycles. The summed E-state index contributed by atoms with van der Waals surface area (Å²) in [7, 11) is 0. The van der Waals surface area contributed by atoms with Crippen molar-refractivity contribution in [3.63, 3.8) is 0 Å². The summed E-state index contributed by atoms with van der Waals surface area (Å²) in [6.45, 7) is 10.5. The summed E-state index contributed by atoms with van der Waals surface area (Å²) in [5.41, 5.74) is 15.2. The number of azide groups is 1. The van der Waals surface area contributed by atoms with E-state index in [1.54, 1.807) is 50.5 Å². The number of halogens is 1. The van der Waals surface area contributed by atoms with Crippen LogP contribution < -0.4 is 10.6 Å². The standard InChI is InChI=1S/C21H23N3O2.C17H13IN6O/c1-13-17(10-14-6-5-9-22-19(14)24-13)20(26)23-12-15-7-8-16(11-18(15)25)21(2,3)4;1-10-13(8-12-3-2-6-20-16(12)22-10)17(25)21-9-11-4-5-15(23-24-19)14(18)7-11/h5-11,25H,12H2,1-4H3,(H,23,26);2-8H,9H2,1H3,(H,21,25). The Balaban J connectivity index is 0.000000198. The zero-order valence-electron chi connectivity index (χ0n) is 28.8. The van der Waals surface area contributed by atoms with Crippen molar-refractivity contribution in [3.05, 3.63) is 138 Å². The van der Waals surface area contributed by atoms with Gasteiger partial charge in [-0.1, -0.05) is 50.2 Å². The van der Waals surface area contributed by atoms with E-state index in [9.17, 15) is 14.7 Å². The van der Waals surface area contributed by atoms with Gasteiger partial charge in [-0.2, -0.15) is 0 Å². The molecule has 6 rings (SSSR count). The molecule has 3 N–H and O–H groups in total. The number of carbonyl (C=O) groups is 2. The van der Waals surface area contributed by atoms with Gasteiger partial charge < -0.3 is 15.7 Å². The third-order valence-corrected chi connectivity index (χ3v) is 8.92. The van der Waals surface area contributed by atoms with Crippen LogP contribution in [0.3, 0.4) is 0 Å². The molecule has 0 radical (unpaired) electrons. The highest BCUT2D eigenvalue weighted by Crippen LogP contribution is 2.28. The van der Waals surface area contributed by atoms with Crippen LogP contribution in [0, 0.1) is 17.4 Å². The van der Waals surface area contributed by atoms with E-state index in [2.05, 4.69) is 84.0 Å². The number of phenols is 1. The molecule has 258 valence electrons. The topological polar surface area (TPSA) is 179 Å². The Kier molecular flexibility index (Phi) is 11.4. The first kappa shape index (κ1) is 36.6. The highest BCUT2D eigenvalue weighted by Gasteiger charge is 2.17. The molecule has 51 heavy (non-hydrogen) atoms. The van der Waals surface area contributed by atoms with Crippen LogP contribution >= 0.6 is 22.6 Å². The molecule has 0 saturated heterocycles. The predicted molar refractivity (Wildman–Crippen MR) is 206 cm³/mol. The lowest BCUT2D eigenvalue weighted by Gasteiger charge is -2.20. The molecule has 0 aliphatic heterocycles. The van der Waals surface area contributed by atoms with Gasteiger partial charge in [0, 0.05) is 50.3 Å². The molecule has 0 spiro atoms. The predicted octanol–water partition coefficient (Wildman–Crippen LogP) is 8.29. The van der Waals surface area contributed by atoms with E-state index in [-0.39, 0.29) is 29.5 Å². The SMILES string of the molecule is Cc1nc2ncccc2cc1C(=O)NCc1ccc(C(C)(C)C)cc1O.Cc1nc2ncccc2cc1C(=O)NCc1ccc(N=[N+]=[N-])c(I)c1. The second-order valence-electron chi connectivity index (χ2n) is 12.8. The van der Waals surface area contributed by atoms with Crippen LogP contribution in [0.25, 0.3) is 32.5 Å². The second-order valence-corrected chi connectivity index (χ2v) is 13.9.